The maximum absolute atomic E-state index is 13.2. The van der Waals surface area contributed by atoms with Gasteiger partial charge in [-0.3, -0.25) is 19.3 Å². The maximum atomic E-state index is 13.2. The Bertz CT molecular complexity index is 972. The predicted molar refractivity (Wildman–Crippen MR) is 120 cm³/mol. The van der Waals surface area contributed by atoms with Crippen molar-refractivity contribution in [2.45, 2.75) is 51.9 Å². The Balaban J connectivity index is 1.52. The number of hydrogen-bond donors (Lipinski definition) is 0. The highest BCUT2D eigenvalue weighted by atomic mass is 16.5. The monoisotopic (exact) mass is 422 g/mol. The Morgan fingerprint density at radius 3 is 2.45 bits per heavy atom. The predicted octanol–water partition coefficient (Wildman–Crippen LogP) is 4.55. The van der Waals surface area contributed by atoms with Crippen molar-refractivity contribution in [3.05, 3.63) is 41.5 Å². The van der Waals surface area contributed by atoms with Crippen molar-refractivity contribution in [3.63, 3.8) is 0 Å². The molecular formula is C25H30N2O4. The molecule has 0 unspecified atom stereocenters. The van der Waals surface area contributed by atoms with Gasteiger partial charge < -0.3 is 9.64 Å². The van der Waals surface area contributed by atoms with Gasteiger partial charge in [-0.2, -0.15) is 0 Å². The van der Waals surface area contributed by atoms with Gasteiger partial charge in [-0.15, -0.1) is 0 Å². The standard InChI is InChI=1S/C25H30N2O4/c1-2-3-11-22(28)31-17-8-16-27-24(29)19-10-7-9-18-21(26-14-5-4-6-15-26)13-12-20(23(18)19)25(27)30/h7,9-10,12-13H,2-6,8,11,14-17H2,1H3. The van der Waals surface area contributed by atoms with Crippen molar-refractivity contribution in [2.24, 2.45) is 0 Å². The number of unbranched alkanes of at least 4 members (excludes halogenated alkanes) is 1. The highest BCUT2D eigenvalue weighted by molar-refractivity contribution is 6.26. The Labute approximate surface area is 183 Å². The van der Waals surface area contributed by atoms with Gasteiger partial charge in [-0.05, 0) is 50.3 Å². The number of piperidine rings is 1. The summed E-state index contributed by atoms with van der Waals surface area (Å²) in [5, 5.41) is 1.74. The summed E-state index contributed by atoms with van der Waals surface area (Å²) in [5.41, 5.74) is 2.25. The molecule has 2 aliphatic heterocycles. The number of hydrogen-bond acceptors (Lipinski definition) is 5. The zero-order valence-electron chi connectivity index (χ0n) is 18.2. The van der Waals surface area contributed by atoms with Crippen LogP contribution in [0.3, 0.4) is 0 Å². The van der Waals surface area contributed by atoms with Crippen LogP contribution in [0.4, 0.5) is 5.69 Å². The highest BCUT2D eigenvalue weighted by Crippen LogP contribution is 2.36. The number of esters is 1. The zero-order valence-corrected chi connectivity index (χ0v) is 18.2. The van der Waals surface area contributed by atoms with Crippen LogP contribution in [0.1, 0.15) is 72.6 Å². The molecule has 1 fully saturated rings. The first kappa shape index (κ1) is 21.3. The molecule has 31 heavy (non-hydrogen) atoms. The summed E-state index contributed by atoms with van der Waals surface area (Å²) in [6.07, 6.45) is 6.17. The van der Waals surface area contributed by atoms with Crippen LogP contribution in [0.5, 0.6) is 0 Å². The van der Waals surface area contributed by atoms with E-state index in [4.69, 9.17) is 4.74 Å². The normalized spacial score (nSPS) is 16.2. The summed E-state index contributed by atoms with van der Waals surface area (Å²) in [6, 6.07) is 9.60. The van der Waals surface area contributed by atoms with Gasteiger partial charge in [0.25, 0.3) is 11.8 Å². The van der Waals surface area contributed by atoms with E-state index in [0.29, 0.717) is 24.0 Å². The summed E-state index contributed by atoms with van der Waals surface area (Å²) >= 11 is 0. The second kappa shape index (κ2) is 9.50. The largest absolute Gasteiger partial charge is 0.466 e. The minimum absolute atomic E-state index is 0.213. The first-order chi connectivity index (χ1) is 15.1. The third kappa shape index (κ3) is 4.29. The van der Waals surface area contributed by atoms with E-state index in [1.165, 1.54) is 11.3 Å². The molecule has 0 saturated carbocycles. The molecule has 0 aromatic heterocycles. The van der Waals surface area contributed by atoms with Crippen LogP contribution >= 0.6 is 0 Å². The number of nitrogens with zero attached hydrogens (tertiary/aromatic N) is 2. The zero-order chi connectivity index (χ0) is 21.8. The van der Waals surface area contributed by atoms with Crippen LogP contribution in [0, 0.1) is 0 Å². The molecule has 0 bridgehead atoms. The Kier molecular flexibility index (Phi) is 6.54. The van der Waals surface area contributed by atoms with Gasteiger partial charge in [0.1, 0.15) is 0 Å². The average Bonchev–Trinajstić information content (AvgIpc) is 2.80. The molecule has 4 rings (SSSR count). The SMILES string of the molecule is CCCCC(=O)OCCCN1C(=O)c2cccc3c(N4CCCCC4)ccc(c23)C1=O. The van der Waals surface area contributed by atoms with Gasteiger partial charge in [0, 0.05) is 53.6 Å². The smallest absolute Gasteiger partial charge is 0.305 e. The van der Waals surface area contributed by atoms with Crippen molar-refractivity contribution >= 4 is 34.2 Å². The number of ether oxygens (including phenoxy) is 1. The lowest BCUT2D eigenvalue weighted by Gasteiger charge is -2.32. The minimum Gasteiger partial charge on any atom is -0.466 e. The number of carbonyl (C=O) groups excluding carboxylic acids is 3. The van der Waals surface area contributed by atoms with E-state index < -0.39 is 0 Å². The molecule has 0 radical (unpaired) electrons. The summed E-state index contributed by atoms with van der Waals surface area (Å²) in [7, 11) is 0. The summed E-state index contributed by atoms with van der Waals surface area (Å²) < 4.78 is 5.22. The fourth-order valence-electron chi connectivity index (χ4n) is 4.55. The van der Waals surface area contributed by atoms with E-state index >= 15 is 0 Å². The number of imide groups is 1. The van der Waals surface area contributed by atoms with E-state index in [1.54, 1.807) is 6.07 Å². The second-order valence-electron chi connectivity index (χ2n) is 8.35. The Hall–Kier alpha value is -2.89. The quantitative estimate of drug-likeness (QED) is 0.355. The first-order valence-electron chi connectivity index (χ1n) is 11.4. The molecule has 2 aromatic rings. The van der Waals surface area contributed by atoms with Gasteiger partial charge in [0.05, 0.1) is 6.61 Å². The Morgan fingerprint density at radius 1 is 0.968 bits per heavy atom. The van der Waals surface area contributed by atoms with E-state index in [0.717, 1.165) is 55.2 Å². The lowest BCUT2D eigenvalue weighted by Crippen LogP contribution is -2.41. The molecular weight excluding hydrogens is 392 g/mol. The molecule has 0 spiro atoms. The maximum Gasteiger partial charge on any atom is 0.305 e. The molecule has 6 nitrogen and oxygen atoms in total. The Morgan fingerprint density at radius 2 is 1.71 bits per heavy atom. The molecule has 2 aromatic carbocycles. The summed E-state index contributed by atoms with van der Waals surface area (Å²) in [6.45, 7) is 4.48. The third-order valence-electron chi connectivity index (χ3n) is 6.19. The number of anilines is 1. The highest BCUT2D eigenvalue weighted by Gasteiger charge is 2.33. The average molecular weight is 423 g/mol. The van der Waals surface area contributed by atoms with Crippen molar-refractivity contribution in [1.82, 2.24) is 4.90 Å². The number of rotatable bonds is 8. The molecule has 0 atom stereocenters. The lowest BCUT2D eigenvalue weighted by molar-refractivity contribution is -0.143. The van der Waals surface area contributed by atoms with Gasteiger partial charge in [-0.1, -0.05) is 25.5 Å². The molecule has 2 heterocycles. The number of amides is 2. The summed E-state index contributed by atoms with van der Waals surface area (Å²) in [4.78, 5) is 41.6. The summed E-state index contributed by atoms with van der Waals surface area (Å²) in [5.74, 6) is -0.758. The van der Waals surface area contributed by atoms with Crippen LogP contribution < -0.4 is 4.90 Å². The second-order valence-corrected chi connectivity index (χ2v) is 8.35. The van der Waals surface area contributed by atoms with Crippen LogP contribution in [-0.4, -0.2) is 48.9 Å². The first-order valence-corrected chi connectivity index (χ1v) is 11.4. The minimum atomic E-state index is -0.267. The van der Waals surface area contributed by atoms with Crippen molar-refractivity contribution < 1.29 is 19.1 Å². The number of benzene rings is 2. The van der Waals surface area contributed by atoms with Crippen molar-refractivity contribution in [1.29, 1.82) is 0 Å². The molecule has 1 saturated heterocycles. The van der Waals surface area contributed by atoms with E-state index in [-0.39, 0.29) is 30.9 Å². The fraction of sp³-hybridized carbons (Fsp3) is 0.480. The van der Waals surface area contributed by atoms with Crippen LogP contribution in [0.15, 0.2) is 30.3 Å². The van der Waals surface area contributed by atoms with E-state index in [2.05, 4.69) is 4.90 Å². The van der Waals surface area contributed by atoms with Gasteiger partial charge >= 0.3 is 5.97 Å². The number of carbonyl (C=O) groups is 3. The van der Waals surface area contributed by atoms with E-state index in [9.17, 15) is 14.4 Å². The molecule has 2 amide bonds. The van der Waals surface area contributed by atoms with Crippen LogP contribution in [-0.2, 0) is 9.53 Å². The van der Waals surface area contributed by atoms with Crippen LogP contribution in [0.25, 0.3) is 10.8 Å². The van der Waals surface area contributed by atoms with Crippen LogP contribution in [0.2, 0.25) is 0 Å². The van der Waals surface area contributed by atoms with Gasteiger partial charge in [0.15, 0.2) is 0 Å². The van der Waals surface area contributed by atoms with Crippen molar-refractivity contribution in [2.75, 3.05) is 31.1 Å². The van der Waals surface area contributed by atoms with Gasteiger partial charge in [-0.25, -0.2) is 0 Å². The fourth-order valence-corrected chi connectivity index (χ4v) is 4.55. The molecule has 164 valence electrons. The van der Waals surface area contributed by atoms with Crippen molar-refractivity contribution in [3.8, 4) is 0 Å². The van der Waals surface area contributed by atoms with Gasteiger partial charge in [0.2, 0.25) is 0 Å². The molecule has 2 aliphatic rings. The lowest BCUT2D eigenvalue weighted by atomic mass is 9.92. The third-order valence-corrected chi connectivity index (χ3v) is 6.19. The molecule has 0 N–H and O–H groups in total. The van der Waals surface area contributed by atoms with E-state index in [1.807, 2.05) is 31.2 Å². The molecule has 0 aliphatic carbocycles. The molecule has 6 heteroatoms. The topological polar surface area (TPSA) is 66.9 Å².